The fourth-order valence-corrected chi connectivity index (χ4v) is 1.52. The van der Waals surface area contributed by atoms with Gasteiger partial charge in [-0.3, -0.25) is 0 Å². The molecule has 2 nitrogen and oxygen atoms in total. The van der Waals surface area contributed by atoms with Crippen molar-refractivity contribution in [1.29, 1.82) is 0 Å². The molecule has 0 aliphatic carbocycles. The molecule has 1 aromatic carbocycles. The summed E-state index contributed by atoms with van der Waals surface area (Å²) in [6.07, 6.45) is 2.39. The van der Waals surface area contributed by atoms with Crippen molar-refractivity contribution in [3.05, 3.63) is 42.0 Å². The van der Waals surface area contributed by atoms with Crippen LogP contribution in [0.2, 0.25) is 0 Å². The normalized spacial score (nSPS) is 12.4. The second kappa shape index (κ2) is 5.67. The molecule has 1 aromatic rings. The molecule has 0 radical (unpaired) electrons. The van der Waals surface area contributed by atoms with Crippen LogP contribution in [0.15, 0.2) is 36.4 Å². The number of carbonyl (C=O) groups excluding carboxylic acids is 1. The van der Waals surface area contributed by atoms with Crippen LogP contribution in [0.4, 0.5) is 0 Å². The number of benzene rings is 1. The molecule has 0 saturated heterocycles. The summed E-state index contributed by atoms with van der Waals surface area (Å²) in [5.41, 5.74) is 1.63. The van der Waals surface area contributed by atoms with Crippen LogP contribution in [0.25, 0.3) is 5.57 Å². The van der Waals surface area contributed by atoms with Crippen molar-refractivity contribution >= 4 is 11.5 Å². The van der Waals surface area contributed by atoms with Crippen LogP contribution in [0.3, 0.4) is 0 Å². The van der Waals surface area contributed by atoms with E-state index < -0.39 is 5.60 Å². The number of hydrogen-bond donors (Lipinski definition) is 0. The topological polar surface area (TPSA) is 26.3 Å². The summed E-state index contributed by atoms with van der Waals surface area (Å²) >= 11 is 0. The van der Waals surface area contributed by atoms with Gasteiger partial charge in [0.25, 0.3) is 0 Å². The van der Waals surface area contributed by atoms with E-state index in [-0.39, 0.29) is 5.97 Å². The molecule has 2 heteroatoms. The van der Waals surface area contributed by atoms with Gasteiger partial charge in [-0.15, -0.1) is 0 Å². The van der Waals surface area contributed by atoms with Crippen molar-refractivity contribution in [2.45, 2.75) is 39.7 Å². The van der Waals surface area contributed by atoms with E-state index >= 15 is 0 Å². The molecule has 0 aliphatic heterocycles. The van der Waals surface area contributed by atoms with E-state index in [1.54, 1.807) is 6.08 Å². The SMILES string of the molecule is CC/C(=C/C(=O)OC(C)(C)C)c1ccccc1. The third kappa shape index (κ3) is 4.85. The smallest absolute Gasteiger partial charge is 0.331 e. The molecule has 0 spiro atoms. The van der Waals surface area contributed by atoms with Gasteiger partial charge >= 0.3 is 5.97 Å². The molecule has 0 N–H and O–H groups in total. The van der Waals surface area contributed by atoms with Crippen molar-refractivity contribution in [3.8, 4) is 0 Å². The first-order valence-corrected chi connectivity index (χ1v) is 5.91. The molecule has 0 heterocycles. The lowest BCUT2D eigenvalue weighted by atomic mass is 10.0. The maximum absolute atomic E-state index is 11.7. The van der Waals surface area contributed by atoms with Gasteiger partial charge in [0.15, 0.2) is 0 Å². The Labute approximate surface area is 103 Å². The molecule has 1 rings (SSSR count). The third-order valence-electron chi connectivity index (χ3n) is 2.22. The molecule has 0 aromatic heterocycles. The summed E-state index contributed by atoms with van der Waals surface area (Å²) in [6, 6.07) is 9.89. The lowest BCUT2D eigenvalue weighted by molar-refractivity contribution is -0.148. The molecule has 0 unspecified atom stereocenters. The van der Waals surface area contributed by atoms with Gasteiger partial charge in [-0.25, -0.2) is 4.79 Å². The lowest BCUT2D eigenvalue weighted by Gasteiger charge is -2.18. The number of ether oxygens (including phenoxy) is 1. The van der Waals surface area contributed by atoms with Gasteiger partial charge < -0.3 is 4.74 Å². The molecule has 17 heavy (non-hydrogen) atoms. The fraction of sp³-hybridized carbons (Fsp3) is 0.400. The Morgan fingerprint density at radius 1 is 1.24 bits per heavy atom. The summed E-state index contributed by atoms with van der Waals surface area (Å²) in [6.45, 7) is 7.63. The second-order valence-corrected chi connectivity index (χ2v) is 4.92. The quantitative estimate of drug-likeness (QED) is 0.585. The summed E-state index contributed by atoms with van der Waals surface area (Å²) in [5.74, 6) is -0.279. The van der Waals surface area contributed by atoms with E-state index in [2.05, 4.69) is 0 Å². The van der Waals surface area contributed by atoms with Crippen LogP contribution < -0.4 is 0 Å². The third-order valence-corrected chi connectivity index (χ3v) is 2.22. The number of allylic oxidation sites excluding steroid dienone is 1. The van der Waals surface area contributed by atoms with Crippen LogP contribution in [0.5, 0.6) is 0 Å². The molecule has 0 atom stereocenters. The Kier molecular flexibility index (Phi) is 4.50. The predicted octanol–water partition coefficient (Wildman–Crippen LogP) is 3.82. The van der Waals surface area contributed by atoms with Crippen molar-refractivity contribution in [2.24, 2.45) is 0 Å². The summed E-state index contributed by atoms with van der Waals surface area (Å²) in [4.78, 5) is 11.7. The molecule has 92 valence electrons. The summed E-state index contributed by atoms with van der Waals surface area (Å²) in [5, 5.41) is 0. The molecule has 0 bridgehead atoms. The summed E-state index contributed by atoms with van der Waals surface area (Å²) < 4.78 is 5.28. The summed E-state index contributed by atoms with van der Waals surface area (Å²) in [7, 11) is 0. The number of rotatable bonds is 3. The van der Waals surface area contributed by atoms with Crippen molar-refractivity contribution in [3.63, 3.8) is 0 Å². The van der Waals surface area contributed by atoms with Crippen molar-refractivity contribution in [2.75, 3.05) is 0 Å². The number of carbonyl (C=O) groups is 1. The van der Waals surface area contributed by atoms with Crippen molar-refractivity contribution in [1.82, 2.24) is 0 Å². The molecule has 0 saturated carbocycles. The van der Waals surface area contributed by atoms with E-state index in [0.717, 1.165) is 17.6 Å². The van der Waals surface area contributed by atoms with Crippen LogP contribution in [-0.4, -0.2) is 11.6 Å². The molecule has 0 amide bonds. The predicted molar refractivity (Wildman–Crippen MR) is 70.6 cm³/mol. The second-order valence-electron chi connectivity index (χ2n) is 4.92. The number of esters is 1. The highest BCUT2D eigenvalue weighted by Gasteiger charge is 2.15. The van der Waals surface area contributed by atoms with E-state index in [0.29, 0.717) is 0 Å². The monoisotopic (exact) mass is 232 g/mol. The highest BCUT2D eigenvalue weighted by molar-refractivity contribution is 5.91. The molecular formula is C15H20O2. The Hall–Kier alpha value is -1.57. The first kappa shape index (κ1) is 13.5. The Morgan fingerprint density at radius 3 is 2.29 bits per heavy atom. The van der Waals surface area contributed by atoms with E-state index in [1.165, 1.54) is 0 Å². The van der Waals surface area contributed by atoms with Crippen LogP contribution in [-0.2, 0) is 9.53 Å². The largest absolute Gasteiger partial charge is 0.457 e. The Morgan fingerprint density at radius 2 is 1.82 bits per heavy atom. The van der Waals surface area contributed by atoms with E-state index in [1.807, 2.05) is 58.0 Å². The average molecular weight is 232 g/mol. The zero-order chi connectivity index (χ0) is 12.9. The first-order valence-electron chi connectivity index (χ1n) is 5.91. The average Bonchev–Trinajstić information content (AvgIpc) is 2.24. The Balaban J connectivity index is 2.85. The van der Waals surface area contributed by atoms with Crippen LogP contribution in [0.1, 0.15) is 39.7 Å². The van der Waals surface area contributed by atoms with Gasteiger partial charge in [-0.2, -0.15) is 0 Å². The van der Waals surface area contributed by atoms with Crippen molar-refractivity contribution < 1.29 is 9.53 Å². The lowest BCUT2D eigenvalue weighted by Crippen LogP contribution is -2.22. The van der Waals surface area contributed by atoms with E-state index in [9.17, 15) is 4.79 Å². The van der Waals surface area contributed by atoms with Gasteiger partial charge in [0, 0.05) is 6.08 Å². The molecule has 0 fully saturated rings. The zero-order valence-corrected chi connectivity index (χ0v) is 11.0. The van der Waals surface area contributed by atoms with Gasteiger partial charge in [0.2, 0.25) is 0 Å². The maximum Gasteiger partial charge on any atom is 0.331 e. The Bertz CT molecular complexity index is 397. The molecule has 0 aliphatic rings. The first-order chi connectivity index (χ1) is 7.92. The van der Waals surface area contributed by atoms with Gasteiger partial charge in [0.05, 0.1) is 0 Å². The highest BCUT2D eigenvalue weighted by Crippen LogP contribution is 2.18. The molecular weight excluding hydrogens is 212 g/mol. The maximum atomic E-state index is 11.7. The zero-order valence-electron chi connectivity index (χ0n) is 11.0. The standard InChI is InChI=1S/C15H20O2/c1-5-12(13-9-7-6-8-10-13)11-14(16)17-15(2,3)4/h6-11H,5H2,1-4H3/b12-11-. The highest BCUT2D eigenvalue weighted by atomic mass is 16.6. The van der Waals surface area contributed by atoms with Gasteiger partial charge in [-0.1, -0.05) is 37.3 Å². The van der Waals surface area contributed by atoms with Gasteiger partial charge in [-0.05, 0) is 38.3 Å². The van der Waals surface area contributed by atoms with Crippen LogP contribution in [0, 0.1) is 0 Å². The minimum Gasteiger partial charge on any atom is -0.457 e. The van der Waals surface area contributed by atoms with E-state index in [4.69, 9.17) is 4.74 Å². The fourth-order valence-electron chi connectivity index (χ4n) is 1.52. The minimum atomic E-state index is -0.441. The number of hydrogen-bond acceptors (Lipinski definition) is 2. The van der Waals surface area contributed by atoms with Crippen LogP contribution >= 0.6 is 0 Å². The minimum absolute atomic E-state index is 0.279. The van der Waals surface area contributed by atoms with Gasteiger partial charge in [0.1, 0.15) is 5.60 Å².